The lowest BCUT2D eigenvalue weighted by molar-refractivity contribution is 0.151. The third-order valence-electron chi connectivity index (χ3n) is 4.33. The van der Waals surface area contributed by atoms with E-state index >= 15 is 0 Å². The van der Waals surface area contributed by atoms with E-state index in [0.29, 0.717) is 30.8 Å². The monoisotopic (exact) mass is 332 g/mol. The summed E-state index contributed by atoms with van der Waals surface area (Å²) in [5.74, 6) is 1.52. The second kappa shape index (κ2) is 8.12. The first-order chi connectivity index (χ1) is 11.8. The number of para-hydroxylation sites is 2. The van der Waals surface area contributed by atoms with Gasteiger partial charge in [-0.3, -0.25) is 0 Å². The van der Waals surface area contributed by atoms with Gasteiger partial charge in [-0.2, -0.15) is 4.98 Å². The molecule has 1 aromatic heterocycles. The summed E-state index contributed by atoms with van der Waals surface area (Å²) in [4.78, 5) is 6.63. The summed E-state index contributed by atoms with van der Waals surface area (Å²) in [6.07, 6.45) is 2.05. The summed E-state index contributed by atoms with van der Waals surface area (Å²) in [6.45, 7) is 3.03. The summed E-state index contributed by atoms with van der Waals surface area (Å²) in [5.41, 5.74) is 2.23. The van der Waals surface area contributed by atoms with Gasteiger partial charge in [-0.15, -0.1) is 0 Å². The Balaban J connectivity index is 1.63. The second-order valence-corrected chi connectivity index (χ2v) is 6.02. The molecule has 1 aliphatic rings. The lowest BCUT2D eigenvalue weighted by atomic mass is 9.97. The van der Waals surface area contributed by atoms with Gasteiger partial charge in [0.15, 0.2) is 5.82 Å². The summed E-state index contributed by atoms with van der Waals surface area (Å²) in [7, 11) is 1.60. The van der Waals surface area contributed by atoms with Crippen molar-refractivity contribution in [2.75, 3.05) is 37.0 Å². The lowest BCUT2D eigenvalue weighted by Crippen LogP contribution is -2.35. The van der Waals surface area contributed by atoms with Crippen molar-refractivity contribution in [3.8, 4) is 0 Å². The Morgan fingerprint density at radius 2 is 2.12 bits per heavy atom. The second-order valence-electron chi connectivity index (χ2n) is 6.02. The molecule has 0 unspecified atom stereocenters. The number of benzene rings is 1. The zero-order valence-electron chi connectivity index (χ0n) is 13.9. The van der Waals surface area contributed by atoms with Gasteiger partial charge in [0.1, 0.15) is 6.61 Å². The van der Waals surface area contributed by atoms with Crippen molar-refractivity contribution < 1.29 is 14.4 Å². The van der Waals surface area contributed by atoms with Crippen molar-refractivity contribution in [1.82, 2.24) is 10.1 Å². The molecule has 0 atom stereocenters. The van der Waals surface area contributed by atoms with E-state index in [-0.39, 0.29) is 6.61 Å². The minimum atomic E-state index is 0.287. The van der Waals surface area contributed by atoms with Crippen molar-refractivity contribution >= 4 is 11.4 Å². The van der Waals surface area contributed by atoms with Crippen LogP contribution in [0.4, 0.5) is 11.4 Å². The van der Waals surface area contributed by atoms with E-state index in [1.807, 2.05) is 12.1 Å². The van der Waals surface area contributed by atoms with Crippen LogP contribution in [0.3, 0.4) is 0 Å². The molecular weight excluding hydrogens is 308 g/mol. The summed E-state index contributed by atoms with van der Waals surface area (Å²) in [5, 5.41) is 16.6. The van der Waals surface area contributed by atoms with E-state index in [4.69, 9.17) is 9.26 Å². The Labute approximate surface area is 141 Å². The number of anilines is 2. The van der Waals surface area contributed by atoms with Crippen LogP contribution in [0, 0.1) is 5.92 Å². The molecule has 7 nitrogen and oxygen atoms in total. The Morgan fingerprint density at radius 1 is 1.33 bits per heavy atom. The quantitative estimate of drug-likeness (QED) is 0.802. The van der Waals surface area contributed by atoms with Gasteiger partial charge < -0.3 is 24.6 Å². The molecule has 0 radical (unpaired) electrons. The number of nitrogens with one attached hydrogen (secondary N) is 1. The van der Waals surface area contributed by atoms with Crippen molar-refractivity contribution in [3.63, 3.8) is 0 Å². The van der Waals surface area contributed by atoms with Gasteiger partial charge in [0, 0.05) is 26.8 Å². The van der Waals surface area contributed by atoms with E-state index in [0.717, 1.165) is 31.6 Å². The topological polar surface area (TPSA) is 83.7 Å². The number of rotatable bonds is 7. The van der Waals surface area contributed by atoms with Crippen LogP contribution in [-0.2, 0) is 17.9 Å². The largest absolute Gasteiger partial charge is 0.396 e. The highest BCUT2D eigenvalue weighted by atomic mass is 16.5. The molecule has 1 aromatic carbocycles. The van der Waals surface area contributed by atoms with Gasteiger partial charge in [-0.25, -0.2) is 0 Å². The number of nitrogens with zero attached hydrogens (tertiary/aromatic N) is 3. The Bertz CT molecular complexity index is 638. The smallest absolute Gasteiger partial charge is 0.252 e. The molecule has 2 N–H and O–H groups in total. The number of piperidine rings is 1. The molecule has 0 bridgehead atoms. The number of aromatic nitrogens is 2. The number of ether oxygens (including phenoxy) is 1. The molecule has 0 aliphatic carbocycles. The maximum Gasteiger partial charge on any atom is 0.252 e. The van der Waals surface area contributed by atoms with Crippen molar-refractivity contribution in [2.24, 2.45) is 5.92 Å². The minimum absolute atomic E-state index is 0.287. The fourth-order valence-electron chi connectivity index (χ4n) is 2.97. The first-order valence-electron chi connectivity index (χ1n) is 8.29. The van der Waals surface area contributed by atoms with Gasteiger partial charge >= 0.3 is 0 Å². The average molecular weight is 332 g/mol. The van der Waals surface area contributed by atoms with E-state index in [9.17, 15) is 5.11 Å². The summed E-state index contributed by atoms with van der Waals surface area (Å²) < 4.78 is 10.1. The van der Waals surface area contributed by atoms with Crippen LogP contribution in [0.5, 0.6) is 0 Å². The molecule has 0 spiro atoms. The predicted octanol–water partition coefficient (Wildman–Crippen LogP) is 2.04. The molecule has 1 aliphatic heterocycles. The normalized spacial score (nSPS) is 15.7. The highest BCUT2D eigenvalue weighted by Gasteiger charge is 2.20. The molecule has 1 fully saturated rings. The Hall–Kier alpha value is -2.12. The van der Waals surface area contributed by atoms with Gasteiger partial charge in [-0.1, -0.05) is 17.3 Å². The number of methoxy groups -OCH3 is 1. The van der Waals surface area contributed by atoms with Crippen LogP contribution in [0.1, 0.15) is 24.6 Å². The SMILES string of the molecule is COCc1nc(CNc2ccccc2N2CCC(CO)CC2)no1. The van der Waals surface area contributed by atoms with Crippen molar-refractivity contribution in [2.45, 2.75) is 26.0 Å². The van der Waals surface area contributed by atoms with E-state index in [2.05, 4.69) is 32.5 Å². The van der Waals surface area contributed by atoms with Gasteiger partial charge in [0.25, 0.3) is 5.89 Å². The van der Waals surface area contributed by atoms with Crippen LogP contribution in [0.15, 0.2) is 28.8 Å². The molecule has 0 amide bonds. The summed E-state index contributed by atoms with van der Waals surface area (Å²) in [6, 6.07) is 8.24. The van der Waals surface area contributed by atoms with E-state index in [1.165, 1.54) is 5.69 Å². The Kier molecular flexibility index (Phi) is 5.66. The van der Waals surface area contributed by atoms with Gasteiger partial charge in [0.2, 0.25) is 0 Å². The molecule has 24 heavy (non-hydrogen) atoms. The van der Waals surface area contributed by atoms with E-state index < -0.39 is 0 Å². The summed E-state index contributed by atoms with van der Waals surface area (Å²) >= 11 is 0. The predicted molar refractivity (Wildman–Crippen MR) is 90.8 cm³/mol. The van der Waals surface area contributed by atoms with Crippen LogP contribution in [0.2, 0.25) is 0 Å². The van der Waals surface area contributed by atoms with Crippen LogP contribution < -0.4 is 10.2 Å². The van der Waals surface area contributed by atoms with Crippen LogP contribution in [0.25, 0.3) is 0 Å². The zero-order valence-corrected chi connectivity index (χ0v) is 13.9. The molecule has 7 heteroatoms. The average Bonchev–Trinajstić information content (AvgIpc) is 3.08. The third kappa shape index (κ3) is 4.04. The maximum absolute atomic E-state index is 9.29. The molecular formula is C17H24N4O3. The molecule has 130 valence electrons. The highest BCUT2D eigenvalue weighted by Crippen LogP contribution is 2.29. The minimum Gasteiger partial charge on any atom is -0.396 e. The molecule has 2 aromatic rings. The standard InChI is InChI=1S/C17H24N4O3/c1-23-12-17-19-16(20-24-17)10-18-14-4-2-3-5-15(14)21-8-6-13(11-22)7-9-21/h2-5,13,18,22H,6-12H2,1H3. The van der Waals surface area contributed by atoms with Gasteiger partial charge in [-0.05, 0) is 30.9 Å². The number of aliphatic hydroxyl groups excluding tert-OH is 1. The number of hydrogen-bond acceptors (Lipinski definition) is 7. The van der Waals surface area contributed by atoms with Crippen molar-refractivity contribution in [1.29, 1.82) is 0 Å². The van der Waals surface area contributed by atoms with Crippen LogP contribution in [-0.4, -0.2) is 42.1 Å². The maximum atomic E-state index is 9.29. The highest BCUT2D eigenvalue weighted by molar-refractivity contribution is 5.70. The number of aliphatic hydroxyl groups is 1. The molecule has 1 saturated heterocycles. The fourth-order valence-corrected chi connectivity index (χ4v) is 2.97. The molecule has 2 heterocycles. The number of hydrogen-bond donors (Lipinski definition) is 2. The van der Waals surface area contributed by atoms with Crippen molar-refractivity contribution in [3.05, 3.63) is 36.0 Å². The Morgan fingerprint density at radius 3 is 2.88 bits per heavy atom. The first kappa shape index (κ1) is 16.7. The van der Waals surface area contributed by atoms with E-state index in [1.54, 1.807) is 7.11 Å². The fraction of sp³-hybridized carbons (Fsp3) is 0.529. The van der Waals surface area contributed by atoms with Gasteiger partial charge in [0.05, 0.1) is 17.9 Å². The van der Waals surface area contributed by atoms with Crippen LogP contribution >= 0.6 is 0 Å². The lowest BCUT2D eigenvalue weighted by Gasteiger charge is -2.34. The molecule has 3 rings (SSSR count). The first-order valence-corrected chi connectivity index (χ1v) is 8.29. The zero-order chi connectivity index (χ0) is 16.8. The third-order valence-corrected chi connectivity index (χ3v) is 4.33. The molecule has 0 saturated carbocycles.